The van der Waals surface area contributed by atoms with Crippen molar-refractivity contribution in [2.24, 2.45) is 0 Å². The molecular formula is C20H25N3O5S. The van der Waals surface area contributed by atoms with Gasteiger partial charge in [0.05, 0.1) is 10.5 Å². The van der Waals surface area contributed by atoms with Crippen LogP contribution in [-0.4, -0.2) is 51.3 Å². The van der Waals surface area contributed by atoms with Gasteiger partial charge in [-0.1, -0.05) is 26.0 Å². The third-order valence-electron chi connectivity index (χ3n) is 4.23. The Labute approximate surface area is 170 Å². The van der Waals surface area contributed by atoms with E-state index < -0.39 is 28.5 Å². The number of carbonyl (C=O) groups excluding carboxylic acids is 2. The summed E-state index contributed by atoms with van der Waals surface area (Å²) < 4.78 is 31.3. The smallest absolute Gasteiger partial charge is 0.340 e. The van der Waals surface area contributed by atoms with Gasteiger partial charge in [0, 0.05) is 31.5 Å². The van der Waals surface area contributed by atoms with Gasteiger partial charge in [-0.3, -0.25) is 4.79 Å². The number of carbonyl (C=O) groups is 2. The summed E-state index contributed by atoms with van der Waals surface area (Å²) in [4.78, 5) is 24.3. The van der Waals surface area contributed by atoms with Crippen molar-refractivity contribution < 1.29 is 22.7 Å². The molecule has 156 valence electrons. The van der Waals surface area contributed by atoms with E-state index in [2.05, 4.69) is 10.6 Å². The number of nitrogens with one attached hydrogen (secondary N) is 2. The molecule has 2 rings (SSSR count). The minimum absolute atomic E-state index is 0.147. The molecule has 0 aromatic heterocycles. The summed E-state index contributed by atoms with van der Waals surface area (Å²) >= 11 is 0. The normalized spacial score (nSPS) is 11.2. The maximum Gasteiger partial charge on any atom is 0.340 e. The average molecular weight is 420 g/mol. The van der Waals surface area contributed by atoms with E-state index in [1.807, 2.05) is 0 Å². The number of nitrogens with zero attached hydrogens (tertiary/aromatic N) is 1. The summed E-state index contributed by atoms with van der Waals surface area (Å²) in [7, 11) is -1.88. The zero-order valence-corrected chi connectivity index (χ0v) is 17.5. The first kappa shape index (κ1) is 22.4. The SMILES string of the molecule is CCN(CC)S(=O)(=O)c1ccc(NC(=O)COC(=O)c2ccccc2NC)cc1. The molecule has 9 heteroatoms. The van der Waals surface area contributed by atoms with E-state index in [4.69, 9.17) is 4.74 Å². The lowest BCUT2D eigenvalue weighted by Gasteiger charge is -2.18. The van der Waals surface area contributed by atoms with E-state index in [9.17, 15) is 18.0 Å². The largest absolute Gasteiger partial charge is 0.452 e. The summed E-state index contributed by atoms with van der Waals surface area (Å²) in [6.45, 7) is 3.83. The van der Waals surface area contributed by atoms with Crippen LogP contribution in [0.4, 0.5) is 11.4 Å². The molecule has 2 aromatic carbocycles. The number of sulfonamides is 1. The van der Waals surface area contributed by atoms with Gasteiger partial charge in [-0.15, -0.1) is 0 Å². The Morgan fingerprint density at radius 2 is 1.62 bits per heavy atom. The predicted molar refractivity (Wildman–Crippen MR) is 111 cm³/mol. The molecule has 0 aliphatic rings. The molecule has 0 aliphatic heterocycles. The first-order valence-electron chi connectivity index (χ1n) is 9.17. The highest BCUT2D eigenvalue weighted by Crippen LogP contribution is 2.18. The second-order valence-electron chi connectivity index (χ2n) is 6.03. The second-order valence-corrected chi connectivity index (χ2v) is 7.97. The highest BCUT2D eigenvalue weighted by Gasteiger charge is 2.21. The molecule has 8 nitrogen and oxygen atoms in total. The highest BCUT2D eigenvalue weighted by atomic mass is 32.2. The van der Waals surface area contributed by atoms with Crippen molar-refractivity contribution in [1.29, 1.82) is 0 Å². The van der Waals surface area contributed by atoms with Gasteiger partial charge in [0.1, 0.15) is 0 Å². The maximum atomic E-state index is 12.5. The number of para-hydroxylation sites is 1. The van der Waals surface area contributed by atoms with Crippen molar-refractivity contribution in [2.75, 3.05) is 37.4 Å². The van der Waals surface area contributed by atoms with Crippen LogP contribution in [0.15, 0.2) is 53.4 Å². The van der Waals surface area contributed by atoms with Gasteiger partial charge in [0.25, 0.3) is 5.91 Å². The number of benzene rings is 2. The molecule has 0 saturated carbocycles. The molecular weight excluding hydrogens is 394 g/mol. The molecule has 2 aromatic rings. The Morgan fingerprint density at radius 3 is 2.21 bits per heavy atom. The molecule has 0 radical (unpaired) electrons. The zero-order valence-electron chi connectivity index (χ0n) is 16.6. The van der Waals surface area contributed by atoms with E-state index in [1.54, 1.807) is 45.2 Å². The molecule has 0 heterocycles. The summed E-state index contributed by atoms with van der Waals surface area (Å²) in [5, 5.41) is 5.46. The van der Waals surface area contributed by atoms with Crippen molar-refractivity contribution in [1.82, 2.24) is 4.31 Å². The number of anilines is 2. The van der Waals surface area contributed by atoms with Crippen molar-refractivity contribution in [3.8, 4) is 0 Å². The Bertz CT molecular complexity index is 954. The number of hydrogen-bond acceptors (Lipinski definition) is 6. The molecule has 0 saturated heterocycles. The Balaban J connectivity index is 1.97. The fraction of sp³-hybridized carbons (Fsp3) is 0.300. The molecule has 29 heavy (non-hydrogen) atoms. The standard InChI is InChI=1S/C20H25N3O5S/c1-4-23(5-2)29(26,27)16-12-10-15(11-13-16)22-19(24)14-28-20(25)17-8-6-7-9-18(17)21-3/h6-13,21H,4-5,14H2,1-3H3,(H,22,24). The lowest BCUT2D eigenvalue weighted by Crippen LogP contribution is -2.30. The maximum absolute atomic E-state index is 12.5. The molecule has 0 aliphatic carbocycles. The Kier molecular flexibility index (Phi) is 7.74. The topological polar surface area (TPSA) is 105 Å². The van der Waals surface area contributed by atoms with Crippen LogP contribution in [0, 0.1) is 0 Å². The number of esters is 1. The number of amides is 1. The van der Waals surface area contributed by atoms with Crippen LogP contribution < -0.4 is 10.6 Å². The van der Waals surface area contributed by atoms with Gasteiger partial charge in [0.15, 0.2) is 6.61 Å². The molecule has 0 atom stereocenters. The fourth-order valence-electron chi connectivity index (χ4n) is 2.71. The quantitative estimate of drug-likeness (QED) is 0.605. The van der Waals surface area contributed by atoms with Gasteiger partial charge in [-0.25, -0.2) is 13.2 Å². The van der Waals surface area contributed by atoms with Gasteiger partial charge < -0.3 is 15.4 Å². The lowest BCUT2D eigenvalue weighted by atomic mass is 10.2. The molecule has 0 bridgehead atoms. The summed E-state index contributed by atoms with van der Waals surface area (Å²) in [5.41, 5.74) is 1.33. The molecule has 1 amide bonds. The van der Waals surface area contributed by atoms with Crippen LogP contribution in [-0.2, 0) is 19.6 Å². The van der Waals surface area contributed by atoms with E-state index >= 15 is 0 Å². The molecule has 0 unspecified atom stereocenters. The minimum Gasteiger partial charge on any atom is -0.452 e. The summed E-state index contributed by atoms with van der Waals surface area (Å²) in [5.74, 6) is -1.15. The van der Waals surface area contributed by atoms with E-state index in [0.29, 0.717) is 30.0 Å². The lowest BCUT2D eigenvalue weighted by molar-refractivity contribution is -0.119. The molecule has 0 spiro atoms. The van der Waals surface area contributed by atoms with Crippen LogP contribution in [0.1, 0.15) is 24.2 Å². The highest BCUT2D eigenvalue weighted by molar-refractivity contribution is 7.89. The van der Waals surface area contributed by atoms with Crippen molar-refractivity contribution in [3.63, 3.8) is 0 Å². The third kappa shape index (κ3) is 5.55. The number of ether oxygens (including phenoxy) is 1. The predicted octanol–water partition coefficient (Wildman–Crippen LogP) is 2.55. The number of rotatable bonds is 9. The first-order valence-corrected chi connectivity index (χ1v) is 10.6. The van der Waals surface area contributed by atoms with E-state index in [-0.39, 0.29) is 4.90 Å². The van der Waals surface area contributed by atoms with Gasteiger partial charge in [-0.05, 0) is 36.4 Å². The van der Waals surface area contributed by atoms with Crippen LogP contribution in [0.5, 0.6) is 0 Å². The van der Waals surface area contributed by atoms with Crippen LogP contribution in [0.3, 0.4) is 0 Å². The van der Waals surface area contributed by atoms with Gasteiger partial charge >= 0.3 is 5.97 Å². The van der Waals surface area contributed by atoms with Crippen molar-refractivity contribution >= 4 is 33.3 Å². The third-order valence-corrected chi connectivity index (χ3v) is 6.30. The molecule has 0 fully saturated rings. The van der Waals surface area contributed by atoms with Gasteiger partial charge in [-0.2, -0.15) is 4.31 Å². The first-order chi connectivity index (χ1) is 13.8. The minimum atomic E-state index is -3.56. The van der Waals surface area contributed by atoms with Crippen molar-refractivity contribution in [3.05, 3.63) is 54.1 Å². The Hall–Kier alpha value is -2.91. The van der Waals surface area contributed by atoms with Crippen LogP contribution in [0.2, 0.25) is 0 Å². The van der Waals surface area contributed by atoms with Gasteiger partial charge in [0.2, 0.25) is 10.0 Å². The van der Waals surface area contributed by atoms with E-state index in [0.717, 1.165) is 0 Å². The Morgan fingerprint density at radius 1 is 1.00 bits per heavy atom. The fourth-order valence-corrected chi connectivity index (χ4v) is 4.17. The average Bonchev–Trinajstić information content (AvgIpc) is 2.73. The second kappa shape index (κ2) is 10.0. The van der Waals surface area contributed by atoms with Crippen LogP contribution >= 0.6 is 0 Å². The van der Waals surface area contributed by atoms with E-state index in [1.165, 1.54) is 28.6 Å². The van der Waals surface area contributed by atoms with Crippen LogP contribution in [0.25, 0.3) is 0 Å². The monoisotopic (exact) mass is 419 g/mol. The summed E-state index contributed by atoms with van der Waals surface area (Å²) in [6, 6.07) is 12.6. The zero-order chi connectivity index (χ0) is 21.4. The number of hydrogen-bond donors (Lipinski definition) is 2. The van der Waals surface area contributed by atoms with Crippen molar-refractivity contribution in [2.45, 2.75) is 18.7 Å². The summed E-state index contributed by atoms with van der Waals surface area (Å²) in [6.07, 6.45) is 0. The molecule has 2 N–H and O–H groups in total.